The minimum Gasteiger partial charge on any atom is -0.432 e. The van der Waals surface area contributed by atoms with Crippen molar-refractivity contribution in [3.05, 3.63) is 95.6 Å². The van der Waals surface area contributed by atoms with Crippen LogP contribution in [0.4, 0.5) is 11.4 Å². The van der Waals surface area contributed by atoms with Gasteiger partial charge in [-0.25, -0.2) is 0 Å². The van der Waals surface area contributed by atoms with E-state index in [4.69, 9.17) is 4.74 Å². The number of benzene rings is 3. The summed E-state index contributed by atoms with van der Waals surface area (Å²) in [4.78, 5) is 57.9. The standard InChI is InChI=1S/C36H44N4O6Si/c1-25-34(47(2,3)45)31(21-32(42)38(18-19-41)23-26-10-5-4-6-11-26)46-36(25)29-14-7-8-15-30(29)40(35(36)44)24-27-12-9-13-28(20-27)39-17-16-37-22-33(39)43/h4-15,20,25,31,34,37,41,45H,16-19,21-24H2,1-3H3/t25-,31+,34-,36+/m0/s1. The number of anilines is 2. The fourth-order valence-electron chi connectivity index (χ4n) is 7.79. The van der Waals surface area contributed by atoms with Gasteiger partial charge in [0.05, 0.1) is 37.9 Å². The number of nitrogens with one attached hydrogen (secondary N) is 1. The number of piperazine rings is 1. The minimum absolute atomic E-state index is 0.00636. The molecule has 2 saturated heterocycles. The van der Waals surface area contributed by atoms with E-state index in [-0.39, 0.29) is 43.8 Å². The number of carbonyl (C=O) groups is 3. The topological polar surface area (TPSA) is 123 Å². The molecule has 4 atom stereocenters. The number of para-hydroxylation sites is 1. The molecule has 3 aromatic carbocycles. The molecule has 3 aromatic rings. The summed E-state index contributed by atoms with van der Waals surface area (Å²) >= 11 is 0. The van der Waals surface area contributed by atoms with Crippen LogP contribution in [-0.2, 0) is 37.8 Å². The molecule has 10 nitrogen and oxygen atoms in total. The summed E-state index contributed by atoms with van der Waals surface area (Å²) in [6.45, 7) is 7.83. The normalized spacial score (nSPS) is 24.2. The molecule has 47 heavy (non-hydrogen) atoms. The van der Waals surface area contributed by atoms with Crippen LogP contribution in [0.3, 0.4) is 0 Å². The van der Waals surface area contributed by atoms with Gasteiger partial charge in [-0.05, 0) is 42.4 Å². The first-order valence-electron chi connectivity index (χ1n) is 16.4. The molecule has 0 bridgehead atoms. The third kappa shape index (κ3) is 6.26. The van der Waals surface area contributed by atoms with Crippen molar-refractivity contribution in [2.24, 2.45) is 5.92 Å². The van der Waals surface area contributed by atoms with Gasteiger partial charge >= 0.3 is 0 Å². The van der Waals surface area contributed by atoms with E-state index in [1.54, 1.807) is 14.7 Å². The van der Waals surface area contributed by atoms with Crippen molar-refractivity contribution in [3.63, 3.8) is 0 Å². The zero-order valence-corrected chi connectivity index (χ0v) is 28.3. The fourth-order valence-corrected chi connectivity index (χ4v) is 10.3. The molecule has 3 aliphatic rings. The second kappa shape index (κ2) is 13.3. The van der Waals surface area contributed by atoms with Gasteiger partial charge in [0.2, 0.25) is 11.8 Å². The number of rotatable bonds is 10. The van der Waals surface area contributed by atoms with Crippen molar-refractivity contribution in [1.82, 2.24) is 10.2 Å². The lowest BCUT2D eigenvalue weighted by Gasteiger charge is -2.32. The molecule has 2 fully saturated rings. The Morgan fingerprint density at radius 2 is 1.77 bits per heavy atom. The van der Waals surface area contributed by atoms with E-state index in [0.29, 0.717) is 26.2 Å². The third-order valence-corrected chi connectivity index (χ3v) is 12.4. The summed E-state index contributed by atoms with van der Waals surface area (Å²) in [6.07, 6.45) is -0.711. The second-order valence-electron chi connectivity index (χ2n) is 13.4. The van der Waals surface area contributed by atoms with Gasteiger partial charge < -0.3 is 34.7 Å². The molecule has 3 aliphatic heterocycles. The van der Waals surface area contributed by atoms with Crippen molar-refractivity contribution in [3.8, 4) is 0 Å². The molecule has 0 saturated carbocycles. The highest BCUT2D eigenvalue weighted by atomic mass is 28.4. The zero-order valence-electron chi connectivity index (χ0n) is 27.3. The van der Waals surface area contributed by atoms with E-state index >= 15 is 0 Å². The van der Waals surface area contributed by atoms with Crippen LogP contribution in [-0.4, -0.2) is 79.7 Å². The van der Waals surface area contributed by atoms with Crippen LogP contribution in [0.2, 0.25) is 18.6 Å². The quantitative estimate of drug-likeness (QED) is 0.286. The highest BCUT2D eigenvalue weighted by molar-refractivity contribution is 6.71. The summed E-state index contributed by atoms with van der Waals surface area (Å²) in [7, 11) is -2.98. The summed E-state index contributed by atoms with van der Waals surface area (Å²) in [6, 6.07) is 25.0. The Balaban J connectivity index is 1.30. The zero-order chi connectivity index (χ0) is 33.3. The maximum absolute atomic E-state index is 14.8. The van der Waals surface area contributed by atoms with Gasteiger partial charge in [-0.3, -0.25) is 14.4 Å². The second-order valence-corrected chi connectivity index (χ2v) is 17.4. The summed E-state index contributed by atoms with van der Waals surface area (Å²) in [5.74, 6) is -0.817. The van der Waals surface area contributed by atoms with Crippen LogP contribution < -0.4 is 15.1 Å². The summed E-state index contributed by atoms with van der Waals surface area (Å²) < 4.78 is 6.86. The number of carbonyl (C=O) groups excluding carboxylic acids is 3. The first-order valence-corrected chi connectivity index (χ1v) is 19.4. The van der Waals surface area contributed by atoms with E-state index in [2.05, 4.69) is 5.32 Å². The van der Waals surface area contributed by atoms with Crippen molar-refractivity contribution in [1.29, 1.82) is 0 Å². The Morgan fingerprint density at radius 1 is 1.04 bits per heavy atom. The van der Waals surface area contributed by atoms with E-state index in [1.807, 2.05) is 98.9 Å². The molecule has 248 valence electrons. The smallest absolute Gasteiger partial charge is 0.264 e. The average Bonchev–Trinajstić information content (AvgIpc) is 3.48. The molecular formula is C36H44N4O6Si. The monoisotopic (exact) mass is 656 g/mol. The number of hydrogen-bond donors (Lipinski definition) is 3. The molecule has 0 unspecified atom stereocenters. The Morgan fingerprint density at radius 3 is 2.49 bits per heavy atom. The first kappa shape index (κ1) is 33.0. The summed E-state index contributed by atoms with van der Waals surface area (Å²) in [5, 5.41) is 12.9. The van der Waals surface area contributed by atoms with Crippen molar-refractivity contribution in [2.45, 2.75) is 56.8 Å². The number of ether oxygens (including phenoxy) is 1. The maximum atomic E-state index is 14.8. The van der Waals surface area contributed by atoms with Crippen LogP contribution in [0.1, 0.15) is 30.0 Å². The van der Waals surface area contributed by atoms with Crippen LogP contribution in [0.15, 0.2) is 78.9 Å². The van der Waals surface area contributed by atoms with Crippen molar-refractivity contribution in [2.75, 3.05) is 42.6 Å². The highest BCUT2D eigenvalue weighted by Crippen LogP contribution is 2.59. The molecule has 3 amide bonds. The van der Waals surface area contributed by atoms with Crippen molar-refractivity contribution < 1.29 is 29.0 Å². The van der Waals surface area contributed by atoms with Gasteiger partial charge in [0.1, 0.15) is 0 Å². The molecule has 6 rings (SSSR count). The van der Waals surface area contributed by atoms with Gasteiger partial charge in [0.15, 0.2) is 13.9 Å². The molecule has 0 aromatic heterocycles. The van der Waals surface area contributed by atoms with Gasteiger partial charge in [0, 0.05) is 48.9 Å². The van der Waals surface area contributed by atoms with Crippen molar-refractivity contribution >= 4 is 37.4 Å². The van der Waals surface area contributed by atoms with Crippen LogP contribution in [0.25, 0.3) is 0 Å². The molecule has 1 spiro atoms. The third-order valence-electron chi connectivity index (χ3n) is 9.86. The van der Waals surface area contributed by atoms with Crippen LogP contribution >= 0.6 is 0 Å². The molecule has 0 aliphatic carbocycles. The minimum atomic E-state index is -2.98. The Labute approximate surface area is 277 Å². The number of nitrogens with zero attached hydrogens (tertiary/aromatic N) is 3. The van der Waals surface area contributed by atoms with Gasteiger partial charge in [0.25, 0.3) is 5.91 Å². The Kier molecular flexibility index (Phi) is 9.37. The predicted molar refractivity (Wildman–Crippen MR) is 182 cm³/mol. The Bertz CT molecular complexity index is 1630. The maximum Gasteiger partial charge on any atom is 0.264 e. The lowest BCUT2D eigenvalue weighted by Crippen LogP contribution is -2.48. The van der Waals surface area contributed by atoms with E-state index in [1.165, 1.54) is 0 Å². The Hall–Kier alpha value is -3.87. The number of hydrogen-bond acceptors (Lipinski definition) is 7. The molecule has 3 N–H and O–H groups in total. The predicted octanol–water partition coefficient (Wildman–Crippen LogP) is 3.38. The van der Waals surface area contributed by atoms with E-state index < -0.39 is 31.5 Å². The highest BCUT2D eigenvalue weighted by Gasteiger charge is 2.66. The molecule has 11 heteroatoms. The molecule has 0 radical (unpaired) electrons. The SMILES string of the molecule is C[C@H]1[C@H]([Si](C)(C)O)[C@@H](CC(=O)N(CCO)Cc2ccccc2)O[C@]12C(=O)N(Cc1cccc(N3CCNCC3=O)c1)c1ccccc12. The van der Waals surface area contributed by atoms with E-state index in [9.17, 15) is 24.3 Å². The van der Waals surface area contributed by atoms with Gasteiger partial charge in [-0.1, -0.05) is 67.6 Å². The average molecular weight is 657 g/mol. The van der Waals surface area contributed by atoms with Crippen LogP contribution in [0, 0.1) is 5.92 Å². The summed E-state index contributed by atoms with van der Waals surface area (Å²) in [5.41, 5.74) is 2.32. The van der Waals surface area contributed by atoms with Crippen LogP contribution in [0.5, 0.6) is 0 Å². The van der Waals surface area contributed by atoms with E-state index in [0.717, 1.165) is 28.1 Å². The first-order chi connectivity index (χ1) is 22.5. The largest absolute Gasteiger partial charge is 0.432 e. The number of amides is 3. The number of fused-ring (bicyclic) bond motifs is 2. The number of aliphatic hydroxyl groups is 1. The molecule has 3 heterocycles. The fraction of sp³-hybridized carbons (Fsp3) is 0.417. The lowest BCUT2D eigenvalue weighted by molar-refractivity contribution is -0.150. The van der Waals surface area contributed by atoms with Gasteiger partial charge in [-0.2, -0.15) is 0 Å². The van der Waals surface area contributed by atoms with Gasteiger partial charge in [-0.15, -0.1) is 0 Å². The lowest BCUT2D eigenvalue weighted by atomic mass is 9.82. The number of aliphatic hydroxyl groups excluding tert-OH is 1. The molecular weight excluding hydrogens is 613 g/mol.